The van der Waals surface area contributed by atoms with E-state index in [1.807, 2.05) is 20.8 Å². The first kappa shape index (κ1) is 29.2. The third-order valence-corrected chi connectivity index (χ3v) is 5.22. The van der Waals surface area contributed by atoms with Crippen molar-refractivity contribution in [3.63, 3.8) is 0 Å². The van der Waals surface area contributed by atoms with Gasteiger partial charge < -0.3 is 19.5 Å². The Labute approximate surface area is 205 Å². The zero-order chi connectivity index (χ0) is 26.5. The fraction of sp³-hybridized carbons (Fsp3) is 0.480. The number of phenols is 1. The monoisotopic (exact) mass is 487 g/mol. The van der Waals surface area contributed by atoms with E-state index in [4.69, 9.17) is 9.47 Å². The smallest absolute Gasteiger partial charge is 0.499 e. The number of amides is 1. The molecule has 1 N–H and O–H groups in total. The summed E-state index contributed by atoms with van der Waals surface area (Å²) in [7, 11) is 0. The Balaban J connectivity index is 3.02. The molecule has 190 valence electrons. The number of carbonyl (C=O) groups excluding carboxylic acids is 2. The zero-order valence-electron chi connectivity index (χ0n) is 20.9. The van der Waals surface area contributed by atoms with Gasteiger partial charge in [-0.15, -0.1) is 0 Å². The number of hydrogen-bond acceptors (Lipinski definition) is 8. The molecule has 0 aliphatic heterocycles. The highest BCUT2D eigenvalue weighted by molar-refractivity contribution is 6.01. The van der Waals surface area contributed by atoms with E-state index < -0.39 is 34.2 Å². The molecule has 1 atom stereocenters. The molecule has 35 heavy (non-hydrogen) atoms. The summed E-state index contributed by atoms with van der Waals surface area (Å²) in [6.45, 7) is 10.4. The predicted molar refractivity (Wildman–Crippen MR) is 131 cm³/mol. The van der Waals surface area contributed by atoms with Gasteiger partial charge >= 0.3 is 11.8 Å². The highest BCUT2D eigenvalue weighted by Gasteiger charge is 2.23. The van der Waals surface area contributed by atoms with E-state index in [0.717, 1.165) is 31.1 Å². The number of nitro groups is 1. The van der Waals surface area contributed by atoms with Gasteiger partial charge in [0.05, 0.1) is 11.5 Å². The number of phenolic OH excluding ortho intramolecular Hbond substituents is 1. The fourth-order valence-electron chi connectivity index (χ4n) is 3.17. The number of carbonyl (C=O) groups is 2. The molecule has 0 aromatic heterocycles. The van der Waals surface area contributed by atoms with Gasteiger partial charge in [-0.3, -0.25) is 14.9 Å². The molecule has 0 aliphatic carbocycles. The lowest BCUT2D eigenvalue weighted by atomic mass is 10.0. The van der Waals surface area contributed by atoms with E-state index in [0.29, 0.717) is 25.4 Å². The predicted octanol–water partition coefficient (Wildman–Crippen LogP) is 5.36. The number of hydrogen-bond donors (Lipinski definition) is 1. The summed E-state index contributed by atoms with van der Waals surface area (Å²) < 4.78 is 10.1. The molecule has 0 saturated heterocycles. The Morgan fingerprint density at radius 2 is 1.91 bits per heavy atom. The molecular formula is C25H33N3O7. The van der Waals surface area contributed by atoms with E-state index >= 15 is 0 Å². The minimum Gasteiger partial charge on any atom is -0.499 e. The van der Waals surface area contributed by atoms with Gasteiger partial charge in [-0.05, 0) is 70.6 Å². The zero-order valence-corrected chi connectivity index (χ0v) is 20.9. The van der Waals surface area contributed by atoms with E-state index in [9.17, 15) is 30.1 Å². The van der Waals surface area contributed by atoms with Crippen molar-refractivity contribution in [1.29, 1.82) is 5.26 Å². The maximum absolute atomic E-state index is 12.5. The van der Waals surface area contributed by atoms with Gasteiger partial charge in [0, 0.05) is 19.2 Å². The van der Waals surface area contributed by atoms with Crippen LogP contribution in [0.4, 0.5) is 10.5 Å². The molecule has 0 aliphatic rings. The maximum atomic E-state index is 12.5. The van der Waals surface area contributed by atoms with Crippen LogP contribution in [0, 0.1) is 27.4 Å². The van der Waals surface area contributed by atoms with Crippen LogP contribution in [0.15, 0.2) is 29.4 Å². The van der Waals surface area contributed by atoms with Gasteiger partial charge in [0.1, 0.15) is 11.6 Å². The molecule has 10 nitrogen and oxygen atoms in total. The minimum atomic E-state index is -1.13. The third-order valence-electron chi connectivity index (χ3n) is 5.22. The number of allylic oxidation sites excluding steroid dienone is 2. The van der Waals surface area contributed by atoms with Gasteiger partial charge in [-0.25, -0.2) is 4.79 Å². The number of benzene rings is 1. The van der Waals surface area contributed by atoms with Crippen molar-refractivity contribution in [2.45, 2.75) is 53.9 Å². The molecule has 0 spiro atoms. The molecule has 0 bridgehead atoms. The average molecular weight is 488 g/mol. The van der Waals surface area contributed by atoms with Crippen molar-refractivity contribution >= 4 is 23.8 Å². The summed E-state index contributed by atoms with van der Waals surface area (Å²) in [5, 5.41) is 31.0. The number of ether oxygens (including phenoxy) is 2. The summed E-state index contributed by atoms with van der Waals surface area (Å²) in [6, 6.07) is 3.89. The number of rotatable bonds is 12. The molecule has 1 rings (SSSR count). The topological polar surface area (TPSA) is 143 Å². The molecule has 0 fully saturated rings. The van der Waals surface area contributed by atoms with Crippen LogP contribution in [-0.4, -0.2) is 46.7 Å². The quantitative estimate of drug-likeness (QED) is 0.0789. The van der Waals surface area contributed by atoms with Crippen LogP contribution in [0.3, 0.4) is 0 Å². The number of nitrogens with zero attached hydrogens (tertiary/aromatic N) is 3. The van der Waals surface area contributed by atoms with Crippen molar-refractivity contribution < 1.29 is 29.1 Å². The van der Waals surface area contributed by atoms with Crippen molar-refractivity contribution in [2.75, 3.05) is 19.7 Å². The first-order valence-corrected chi connectivity index (χ1v) is 11.4. The lowest BCUT2D eigenvalue weighted by Gasteiger charge is -2.17. The van der Waals surface area contributed by atoms with Gasteiger partial charge in [-0.1, -0.05) is 18.6 Å². The highest BCUT2D eigenvalue weighted by atomic mass is 16.7. The average Bonchev–Trinajstić information content (AvgIpc) is 2.79. The molecular weight excluding hydrogens is 454 g/mol. The Morgan fingerprint density at radius 3 is 2.46 bits per heavy atom. The Hall–Kier alpha value is -3.87. The Kier molecular flexibility index (Phi) is 12.0. The summed E-state index contributed by atoms with van der Waals surface area (Å²) >= 11 is 0. The third kappa shape index (κ3) is 9.49. The normalized spacial score (nSPS) is 11.7. The first-order valence-electron chi connectivity index (χ1n) is 11.4. The maximum Gasteiger partial charge on any atom is 0.513 e. The minimum absolute atomic E-state index is 0.0299. The largest absolute Gasteiger partial charge is 0.513 e. The van der Waals surface area contributed by atoms with Crippen molar-refractivity contribution in [3.05, 3.63) is 45.0 Å². The molecule has 0 heterocycles. The van der Waals surface area contributed by atoms with Gasteiger partial charge in [0.15, 0.2) is 5.75 Å². The number of likely N-dealkylation sites (N-methyl/N-ethyl adjacent to an activating group) is 1. The molecule has 1 amide bonds. The van der Waals surface area contributed by atoms with Crippen LogP contribution >= 0.6 is 0 Å². The second kappa shape index (κ2) is 14.4. The number of nitro benzene ring substituents is 1. The second-order valence-corrected chi connectivity index (χ2v) is 8.24. The molecule has 0 saturated carbocycles. The van der Waals surface area contributed by atoms with Gasteiger partial charge in [-0.2, -0.15) is 5.26 Å². The fourth-order valence-corrected chi connectivity index (χ4v) is 3.17. The summed E-state index contributed by atoms with van der Waals surface area (Å²) in [5.74, 6) is -1.63. The van der Waals surface area contributed by atoms with Crippen LogP contribution in [-0.2, 0) is 9.53 Å². The molecule has 0 radical (unpaired) electrons. The molecule has 10 heteroatoms. The van der Waals surface area contributed by atoms with Crippen LogP contribution in [0.25, 0.3) is 6.08 Å². The standard InChI is InChI=1S/C25H33N3O7/c1-6-27(7-2)24(30)20(16-26)13-19-14-21(28(32)33)23(29)22(15-19)35-25(31)34-12-11-18(5)10-8-9-17(3)4/h9,13-15,18,29H,6-8,10-12H2,1-5H3/t18-/m1/s1. The molecule has 1 aromatic rings. The summed E-state index contributed by atoms with van der Waals surface area (Å²) in [6.07, 6.45) is 4.59. The van der Waals surface area contributed by atoms with Crippen LogP contribution in [0.1, 0.15) is 59.4 Å². The van der Waals surface area contributed by atoms with Gasteiger partial charge in [0.25, 0.3) is 5.91 Å². The first-order chi connectivity index (χ1) is 16.5. The van der Waals surface area contributed by atoms with Gasteiger partial charge in [0.2, 0.25) is 5.75 Å². The second-order valence-electron chi connectivity index (χ2n) is 8.24. The lowest BCUT2D eigenvalue weighted by Crippen LogP contribution is -2.31. The summed E-state index contributed by atoms with van der Waals surface area (Å²) in [5.41, 5.74) is 0.260. The molecule has 0 unspecified atom stereocenters. The lowest BCUT2D eigenvalue weighted by molar-refractivity contribution is -0.385. The van der Waals surface area contributed by atoms with E-state index in [1.54, 1.807) is 19.9 Å². The summed E-state index contributed by atoms with van der Waals surface area (Å²) in [4.78, 5) is 36.6. The SMILES string of the molecule is CCN(CC)C(=O)C(C#N)=Cc1cc(OC(=O)OCC[C@H](C)CCC=C(C)C)c(O)c([N+](=O)[O-])c1. The van der Waals surface area contributed by atoms with Crippen molar-refractivity contribution in [3.8, 4) is 17.6 Å². The van der Waals surface area contributed by atoms with E-state index in [-0.39, 0.29) is 17.7 Å². The van der Waals surface area contributed by atoms with E-state index in [1.165, 1.54) is 10.5 Å². The Bertz CT molecular complexity index is 1020. The van der Waals surface area contributed by atoms with Crippen LogP contribution in [0.5, 0.6) is 11.5 Å². The van der Waals surface area contributed by atoms with Crippen LogP contribution in [0.2, 0.25) is 0 Å². The van der Waals surface area contributed by atoms with Crippen molar-refractivity contribution in [2.24, 2.45) is 5.92 Å². The molecule has 1 aromatic carbocycles. The van der Waals surface area contributed by atoms with E-state index in [2.05, 4.69) is 6.08 Å². The van der Waals surface area contributed by atoms with Crippen LogP contribution < -0.4 is 4.74 Å². The van der Waals surface area contributed by atoms with Crippen molar-refractivity contribution in [1.82, 2.24) is 4.90 Å². The number of nitriles is 1. The Morgan fingerprint density at radius 1 is 1.26 bits per heavy atom. The number of aromatic hydroxyl groups is 1. The highest BCUT2D eigenvalue weighted by Crippen LogP contribution is 2.38.